The lowest BCUT2D eigenvalue weighted by Gasteiger charge is -1.98. The van der Waals surface area contributed by atoms with Crippen molar-refractivity contribution in [2.24, 2.45) is 0 Å². The molecule has 0 N–H and O–H groups in total. The lowest BCUT2D eigenvalue weighted by atomic mass is 10.3. The van der Waals surface area contributed by atoms with Gasteiger partial charge in [0.1, 0.15) is 11.5 Å². The summed E-state index contributed by atoms with van der Waals surface area (Å²) in [5.74, 6) is 0.518. The zero-order chi connectivity index (χ0) is 13.0. The summed E-state index contributed by atoms with van der Waals surface area (Å²) < 4.78 is 15.4. The molecule has 1 heterocycles. The van der Waals surface area contributed by atoms with Crippen molar-refractivity contribution in [3.8, 4) is 11.8 Å². The number of methoxy groups -OCH3 is 1. The maximum absolute atomic E-state index is 11.5. The number of hydrogen-bond donors (Lipinski definition) is 0. The van der Waals surface area contributed by atoms with Gasteiger partial charge in [-0.2, -0.15) is 4.98 Å². The van der Waals surface area contributed by atoms with E-state index in [-0.39, 0.29) is 11.8 Å². The third-order valence-corrected chi connectivity index (χ3v) is 2.33. The van der Waals surface area contributed by atoms with E-state index in [2.05, 4.69) is 9.72 Å². The van der Waals surface area contributed by atoms with E-state index in [1.54, 1.807) is 12.1 Å². The van der Waals surface area contributed by atoms with E-state index in [0.29, 0.717) is 17.9 Å². The first-order chi connectivity index (χ1) is 8.74. The molecule has 5 nitrogen and oxygen atoms in total. The Morgan fingerprint density at radius 2 is 2.06 bits per heavy atom. The first-order valence-electron chi connectivity index (χ1n) is 5.55. The number of ether oxygens (including phenoxy) is 2. The highest BCUT2D eigenvalue weighted by Crippen LogP contribution is 2.23. The number of carbonyl (C=O) groups excluding carboxylic acids is 1. The summed E-state index contributed by atoms with van der Waals surface area (Å²) >= 11 is 0. The quantitative estimate of drug-likeness (QED) is 0.777. The van der Waals surface area contributed by atoms with E-state index in [1.165, 1.54) is 7.11 Å². The van der Waals surface area contributed by atoms with Gasteiger partial charge in [-0.15, -0.1) is 0 Å². The lowest BCUT2D eigenvalue weighted by molar-refractivity contribution is 0.0592. The van der Waals surface area contributed by atoms with E-state index in [4.69, 9.17) is 9.15 Å². The van der Waals surface area contributed by atoms with Crippen LogP contribution in [0.1, 0.15) is 23.2 Å². The van der Waals surface area contributed by atoms with Gasteiger partial charge in [0.2, 0.25) is 0 Å². The summed E-state index contributed by atoms with van der Waals surface area (Å²) in [7, 11) is 1.30. The summed E-state index contributed by atoms with van der Waals surface area (Å²) in [6.45, 7) is 1.86. The fourth-order valence-corrected chi connectivity index (χ4v) is 1.46. The molecule has 0 unspecified atom stereocenters. The van der Waals surface area contributed by atoms with Gasteiger partial charge in [0.15, 0.2) is 5.69 Å². The van der Waals surface area contributed by atoms with Crippen LogP contribution < -0.4 is 4.74 Å². The molecule has 0 aliphatic rings. The number of oxazole rings is 1. The molecule has 2 rings (SSSR count). The minimum absolute atomic E-state index is 0.0402. The number of rotatable bonds is 4. The first-order valence-corrected chi connectivity index (χ1v) is 5.55. The second kappa shape index (κ2) is 5.35. The molecule has 0 saturated heterocycles. The second-order valence-corrected chi connectivity index (χ2v) is 3.51. The Hall–Kier alpha value is -2.30. The van der Waals surface area contributed by atoms with Crippen molar-refractivity contribution in [2.45, 2.75) is 13.3 Å². The molecule has 94 valence electrons. The zero-order valence-corrected chi connectivity index (χ0v) is 10.2. The predicted octanol–water partition coefficient (Wildman–Crippen LogP) is 2.82. The third kappa shape index (κ3) is 2.51. The summed E-state index contributed by atoms with van der Waals surface area (Å²) in [6, 6.07) is 9.08. The van der Waals surface area contributed by atoms with Crippen LogP contribution in [0.25, 0.3) is 0 Å². The van der Waals surface area contributed by atoms with E-state index >= 15 is 0 Å². The van der Waals surface area contributed by atoms with E-state index in [0.717, 1.165) is 0 Å². The molecular formula is C13H13NO4. The van der Waals surface area contributed by atoms with Crippen molar-refractivity contribution in [1.29, 1.82) is 0 Å². The maximum atomic E-state index is 11.5. The first kappa shape index (κ1) is 12.2. The molecule has 18 heavy (non-hydrogen) atoms. The van der Waals surface area contributed by atoms with Gasteiger partial charge in [-0.3, -0.25) is 0 Å². The third-order valence-electron chi connectivity index (χ3n) is 2.33. The predicted molar refractivity (Wildman–Crippen MR) is 63.7 cm³/mol. The minimum atomic E-state index is -0.529. The van der Waals surface area contributed by atoms with Crippen molar-refractivity contribution in [2.75, 3.05) is 7.11 Å². The number of aromatic nitrogens is 1. The summed E-state index contributed by atoms with van der Waals surface area (Å²) in [6.07, 6.45) is 0.578. The Labute approximate surface area is 104 Å². The van der Waals surface area contributed by atoms with Crippen LogP contribution in [-0.4, -0.2) is 18.1 Å². The highest BCUT2D eigenvalue weighted by molar-refractivity contribution is 5.88. The topological polar surface area (TPSA) is 61.6 Å². The minimum Gasteiger partial charge on any atom is -0.464 e. The molecular weight excluding hydrogens is 234 g/mol. The van der Waals surface area contributed by atoms with Crippen LogP contribution in [0.3, 0.4) is 0 Å². The van der Waals surface area contributed by atoms with Crippen LogP contribution in [-0.2, 0) is 11.2 Å². The number of aryl methyl sites for hydroxylation is 1. The normalized spacial score (nSPS) is 10.1. The maximum Gasteiger partial charge on any atom is 0.400 e. The van der Waals surface area contributed by atoms with Crippen LogP contribution in [0, 0.1) is 0 Å². The highest BCUT2D eigenvalue weighted by atomic mass is 16.6. The van der Waals surface area contributed by atoms with Crippen LogP contribution >= 0.6 is 0 Å². The summed E-state index contributed by atoms with van der Waals surface area (Å²) in [4.78, 5) is 15.4. The Bertz CT molecular complexity index is 533. The zero-order valence-electron chi connectivity index (χ0n) is 10.2. The fraction of sp³-hybridized carbons (Fsp3) is 0.231. The SMILES string of the molecule is CCc1oc(Oc2ccccc2)nc1C(=O)OC. The largest absolute Gasteiger partial charge is 0.464 e. The van der Waals surface area contributed by atoms with Gasteiger partial charge < -0.3 is 13.9 Å². The van der Waals surface area contributed by atoms with Crippen LogP contribution in [0.15, 0.2) is 34.7 Å². The van der Waals surface area contributed by atoms with Gasteiger partial charge in [0.25, 0.3) is 0 Å². The molecule has 2 aromatic rings. The number of carbonyl (C=O) groups is 1. The molecule has 0 radical (unpaired) electrons. The van der Waals surface area contributed by atoms with Crippen molar-refractivity contribution in [1.82, 2.24) is 4.98 Å². The van der Waals surface area contributed by atoms with E-state index in [9.17, 15) is 4.79 Å². The van der Waals surface area contributed by atoms with Gasteiger partial charge in [-0.25, -0.2) is 4.79 Å². The Kier molecular flexibility index (Phi) is 3.62. The molecule has 5 heteroatoms. The standard InChI is InChI=1S/C13H13NO4/c1-3-10-11(12(15)16-2)14-13(18-10)17-9-7-5-4-6-8-9/h4-8H,3H2,1-2H3. The monoisotopic (exact) mass is 247 g/mol. The average molecular weight is 247 g/mol. The molecule has 0 amide bonds. The Morgan fingerprint density at radius 1 is 1.33 bits per heavy atom. The van der Waals surface area contributed by atoms with Gasteiger partial charge in [0.05, 0.1) is 7.11 Å². The van der Waals surface area contributed by atoms with E-state index < -0.39 is 5.97 Å². The van der Waals surface area contributed by atoms with Crippen molar-refractivity contribution < 1.29 is 18.7 Å². The molecule has 0 saturated carbocycles. The molecule has 0 spiro atoms. The number of para-hydroxylation sites is 1. The lowest BCUT2D eigenvalue weighted by Crippen LogP contribution is -2.04. The van der Waals surface area contributed by atoms with Crippen LogP contribution in [0.4, 0.5) is 0 Å². The number of esters is 1. The Morgan fingerprint density at radius 3 is 2.67 bits per heavy atom. The second-order valence-electron chi connectivity index (χ2n) is 3.51. The summed E-state index contributed by atoms with van der Waals surface area (Å²) in [5, 5.41) is 0. The van der Waals surface area contributed by atoms with Crippen molar-refractivity contribution >= 4 is 5.97 Å². The average Bonchev–Trinajstić information content (AvgIpc) is 2.82. The highest BCUT2D eigenvalue weighted by Gasteiger charge is 2.20. The molecule has 1 aromatic carbocycles. The molecule has 0 aliphatic carbocycles. The van der Waals surface area contributed by atoms with E-state index in [1.807, 2.05) is 25.1 Å². The van der Waals surface area contributed by atoms with Crippen LogP contribution in [0.5, 0.6) is 11.8 Å². The summed E-state index contributed by atoms with van der Waals surface area (Å²) in [5.41, 5.74) is 0.158. The number of hydrogen-bond acceptors (Lipinski definition) is 5. The van der Waals surface area contributed by atoms with Gasteiger partial charge in [-0.1, -0.05) is 25.1 Å². The smallest absolute Gasteiger partial charge is 0.400 e. The number of benzene rings is 1. The van der Waals surface area contributed by atoms with Gasteiger partial charge in [0, 0.05) is 6.42 Å². The van der Waals surface area contributed by atoms with Gasteiger partial charge >= 0.3 is 12.0 Å². The number of nitrogens with zero attached hydrogens (tertiary/aromatic N) is 1. The molecule has 0 aliphatic heterocycles. The molecule has 0 bridgehead atoms. The van der Waals surface area contributed by atoms with Crippen molar-refractivity contribution in [3.05, 3.63) is 41.8 Å². The van der Waals surface area contributed by atoms with Gasteiger partial charge in [-0.05, 0) is 12.1 Å². The molecule has 0 atom stereocenters. The Balaban J connectivity index is 2.25. The van der Waals surface area contributed by atoms with Crippen molar-refractivity contribution in [3.63, 3.8) is 0 Å². The fourth-order valence-electron chi connectivity index (χ4n) is 1.46. The van der Waals surface area contributed by atoms with Crippen LogP contribution in [0.2, 0.25) is 0 Å². The molecule has 1 aromatic heterocycles. The molecule has 0 fully saturated rings.